The predicted molar refractivity (Wildman–Crippen MR) is 81.6 cm³/mol. The van der Waals surface area contributed by atoms with Crippen LogP contribution in [0.2, 0.25) is 0 Å². The van der Waals surface area contributed by atoms with Crippen molar-refractivity contribution in [1.29, 1.82) is 0 Å². The molecule has 1 aliphatic rings. The van der Waals surface area contributed by atoms with Crippen molar-refractivity contribution in [3.05, 3.63) is 0 Å². The molecule has 8 nitrogen and oxygen atoms in total. The minimum absolute atomic E-state index is 0. The highest BCUT2D eigenvalue weighted by Gasteiger charge is 2.08. The molecule has 1 heterocycles. The topological polar surface area (TPSA) is 141 Å². The zero-order valence-electron chi connectivity index (χ0n) is 11.3. The number of unbranched alkanes of at least 4 members (excludes halogenated alkanes) is 1. The number of ether oxygens (including phenoxy) is 1. The third-order valence-corrected chi connectivity index (χ3v) is 1.91. The molecule has 0 aliphatic carbocycles. The summed E-state index contributed by atoms with van der Waals surface area (Å²) >= 11 is 0. The molecule has 8 heteroatoms. The lowest BCUT2D eigenvalue weighted by molar-refractivity contribution is -0.143. The van der Waals surface area contributed by atoms with Gasteiger partial charge < -0.3 is 25.2 Å². The lowest BCUT2D eigenvalue weighted by Crippen LogP contribution is -2.00. The Bertz CT molecular complexity index is 252. The van der Waals surface area contributed by atoms with E-state index in [2.05, 4.69) is 4.74 Å². The van der Waals surface area contributed by atoms with Crippen LogP contribution in [0, 0.1) is 0 Å². The fourth-order valence-electron chi connectivity index (χ4n) is 0.912. The molecule has 4 N–H and O–H groups in total. The lowest BCUT2D eigenvalue weighted by Gasteiger charge is -1.85. The van der Waals surface area contributed by atoms with Crippen LogP contribution in [0.4, 0.5) is 0 Å². The van der Waals surface area contributed by atoms with Crippen molar-refractivity contribution in [3.63, 3.8) is 0 Å². The van der Waals surface area contributed by atoms with Crippen molar-refractivity contribution < 1.29 is 39.5 Å². The summed E-state index contributed by atoms with van der Waals surface area (Å²) in [6.45, 7) is 1.03. The second-order valence-electron chi connectivity index (χ2n) is 3.77. The van der Waals surface area contributed by atoms with Gasteiger partial charge in [0.25, 0.3) is 0 Å². The lowest BCUT2D eigenvalue weighted by atomic mass is 10.3. The molecule has 1 rings (SSSR count). The molecule has 0 atom stereocenters. The van der Waals surface area contributed by atoms with Crippen LogP contribution in [0.3, 0.4) is 0 Å². The SMILES string of the molecule is C.C.O=C(O)CCC(=O)O.O=C1CCCO1.OCCCCO. The number of cyclic esters (lactones) is 1. The van der Waals surface area contributed by atoms with E-state index in [-0.39, 0.29) is 46.9 Å². The second-order valence-corrected chi connectivity index (χ2v) is 3.77. The summed E-state index contributed by atoms with van der Waals surface area (Å²) < 4.78 is 4.51. The predicted octanol–water partition coefficient (Wildman–Crippen LogP) is 1.28. The van der Waals surface area contributed by atoms with Gasteiger partial charge in [-0.3, -0.25) is 14.4 Å². The van der Waals surface area contributed by atoms with Gasteiger partial charge in [0.1, 0.15) is 0 Å². The maximum Gasteiger partial charge on any atom is 0.305 e. The van der Waals surface area contributed by atoms with Crippen molar-refractivity contribution in [1.82, 2.24) is 0 Å². The molecule has 134 valence electrons. The first kappa shape index (κ1) is 28.5. The molecular formula is C14H30O8. The number of hydrogen-bond donors (Lipinski definition) is 4. The summed E-state index contributed by atoms with van der Waals surface area (Å²) in [4.78, 5) is 29.3. The molecule has 1 fully saturated rings. The zero-order valence-corrected chi connectivity index (χ0v) is 11.3. The molecular weight excluding hydrogens is 296 g/mol. The number of carbonyl (C=O) groups is 3. The van der Waals surface area contributed by atoms with Gasteiger partial charge in [0.05, 0.1) is 19.4 Å². The molecule has 0 unspecified atom stereocenters. The van der Waals surface area contributed by atoms with Crippen LogP contribution in [-0.4, -0.2) is 58.2 Å². The van der Waals surface area contributed by atoms with E-state index in [0.717, 1.165) is 19.3 Å². The monoisotopic (exact) mass is 326 g/mol. The maximum atomic E-state index is 10.0. The zero-order chi connectivity index (χ0) is 15.8. The van der Waals surface area contributed by atoms with Crippen LogP contribution in [0.5, 0.6) is 0 Å². The highest BCUT2D eigenvalue weighted by atomic mass is 16.5. The first-order chi connectivity index (χ1) is 9.43. The van der Waals surface area contributed by atoms with Gasteiger partial charge in [0.15, 0.2) is 0 Å². The summed E-state index contributed by atoms with van der Waals surface area (Å²) in [5, 5.41) is 32.0. The molecule has 0 bridgehead atoms. The molecule has 0 saturated carbocycles. The number of aliphatic hydroxyl groups excluding tert-OH is 2. The third-order valence-electron chi connectivity index (χ3n) is 1.91. The van der Waals surface area contributed by atoms with Gasteiger partial charge in [-0.05, 0) is 19.3 Å². The van der Waals surface area contributed by atoms with Gasteiger partial charge in [0, 0.05) is 19.6 Å². The Hall–Kier alpha value is -1.67. The number of carboxylic acid groups (broad SMARTS) is 2. The molecule has 1 aliphatic heterocycles. The number of hydrogen-bond acceptors (Lipinski definition) is 6. The van der Waals surface area contributed by atoms with Gasteiger partial charge in [-0.2, -0.15) is 0 Å². The Morgan fingerprint density at radius 3 is 1.50 bits per heavy atom. The minimum atomic E-state index is -1.08. The van der Waals surface area contributed by atoms with E-state index in [9.17, 15) is 14.4 Å². The number of carbonyl (C=O) groups excluding carboxylic acids is 1. The fourth-order valence-corrected chi connectivity index (χ4v) is 0.912. The van der Waals surface area contributed by atoms with Crippen LogP contribution in [0.25, 0.3) is 0 Å². The van der Waals surface area contributed by atoms with E-state index in [4.69, 9.17) is 20.4 Å². The number of carboxylic acids is 2. The van der Waals surface area contributed by atoms with E-state index in [1.165, 1.54) is 0 Å². The average Bonchev–Trinajstić information content (AvgIpc) is 2.86. The molecule has 0 aromatic carbocycles. The summed E-state index contributed by atoms with van der Waals surface area (Å²) in [5.41, 5.74) is 0. The van der Waals surface area contributed by atoms with E-state index < -0.39 is 11.9 Å². The number of aliphatic carboxylic acids is 2. The summed E-state index contributed by atoms with van der Waals surface area (Å²) in [6.07, 6.45) is 2.39. The van der Waals surface area contributed by atoms with Crippen LogP contribution in [0.1, 0.15) is 53.4 Å². The van der Waals surface area contributed by atoms with Crippen molar-refractivity contribution in [2.45, 2.75) is 53.4 Å². The molecule has 0 aromatic heterocycles. The Balaban J connectivity index is -0.000000107. The van der Waals surface area contributed by atoms with Gasteiger partial charge in [-0.1, -0.05) is 14.9 Å². The maximum absolute atomic E-state index is 10.0. The first-order valence-corrected chi connectivity index (χ1v) is 6.25. The largest absolute Gasteiger partial charge is 0.481 e. The van der Waals surface area contributed by atoms with Crippen molar-refractivity contribution >= 4 is 17.9 Å². The third kappa shape index (κ3) is 31.0. The van der Waals surface area contributed by atoms with E-state index >= 15 is 0 Å². The van der Waals surface area contributed by atoms with E-state index in [0.29, 0.717) is 13.0 Å². The smallest absolute Gasteiger partial charge is 0.305 e. The number of aliphatic hydroxyl groups is 2. The van der Waals surface area contributed by atoms with E-state index in [1.54, 1.807) is 0 Å². The molecule has 22 heavy (non-hydrogen) atoms. The van der Waals surface area contributed by atoms with Crippen molar-refractivity contribution in [2.75, 3.05) is 19.8 Å². The quantitative estimate of drug-likeness (QED) is 0.422. The highest BCUT2D eigenvalue weighted by molar-refractivity contribution is 5.75. The highest BCUT2D eigenvalue weighted by Crippen LogP contribution is 2.01. The van der Waals surface area contributed by atoms with Crippen LogP contribution >= 0.6 is 0 Å². The summed E-state index contributed by atoms with van der Waals surface area (Å²) in [5.74, 6) is -2.20. The fraction of sp³-hybridized carbons (Fsp3) is 0.786. The summed E-state index contributed by atoms with van der Waals surface area (Å²) in [7, 11) is 0. The Morgan fingerprint density at radius 1 is 0.955 bits per heavy atom. The molecule has 0 amide bonds. The Kier molecular flexibility index (Phi) is 28.0. The molecule has 1 saturated heterocycles. The van der Waals surface area contributed by atoms with Gasteiger partial charge in [0.2, 0.25) is 0 Å². The molecule has 0 aromatic rings. The van der Waals surface area contributed by atoms with E-state index in [1.807, 2.05) is 0 Å². The normalized spacial score (nSPS) is 11.3. The average molecular weight is 326 g/mol. The summed E-state index contributed by atoms with van der Waals surface area (Å²) in [6, 6.07) is 0. The van der Waals surface area contributed by atoms with Crippen LogP contribution in [-0.2, 0) is 19.1 Å². The van der Waals surface area contributed by atoms with Crippen molar-refractivity contribution in [3.8, 4) is 0 Å². The Morgan fingerprint density at radius 2 is 1.36 bits per heavy atom. The van der Waals surface area contributed by atoms with Crippen molar-refractivity contribution in [2.24, 2.45) is 0 Å². The van der Waals surface area contributed by atoms with Crippen LogP contribution < -0.4 is 0 Å². The number of rotatable bonds is 6. The first-order valence-electron chi connectivity index (χ1n) is 6.25. The standard InChI is InChI=1S/C4H6O4.C4H6O2.C4H10O2.2CH4/c5-3(6)1-2-4(7)8;5-4-2-1-3-6-4;5-3-1-2-4-6;;/h1-2H2,(H,5,6)(H,7,8);1-3H2;5-6H,1-4H2;2*1H4. The van der Waals surface area contributed by atoms with Crippen LogP contribution in [0.15, 0.2) is 0 Å². The van der Waals surface area contributed by atoms with Gasteiger partial charge in [-0.25, -0.2) is 0 Å². The Labute approximate surface area is 131 Å². The second kappa shape index (κ2) is 21.6. The molecule has 0 spiro atoms. The van der Waals surface area contributed by atoms with Gasteiger partial charge >= 0.3 is 17.9 Å². The number of esters is 1. The van der Waals surface area contributed by atoms with Gasteiger partial charge in [-0.15, -0.1) is 0 Å². The minimum Gasteiger partial charge on any atom is -0.481 e. The molecule has 0 radical (unpaired) electrons.